The molecular formula is C29H37Br2N5O2. The molecule has 2 aliphatic heterocycles. The lowest BCUT2D eigenvalue weighted by Crippen LogP contribution is -2.47. The van der Waals surface area contributed by atoms with Gasteiger partial charge in [0.2, 0.25) is 5.91 Å². The van der Waals surface area contributed by atoms with Crippen molar-refractivity contribution in [3.05, 3.63) is 61.3 Å². The Morgan fingerprint density at radius 1 is 1.03 bits per heavy atom. The number of halogens is 2. The second-order valence-electron chi connectivity index (χ2n) is 9.92. The fraction of sp³-hybridized carbons (Fsp3) is 0.483. The van der Waals surface area contributed by atoms with Crippen molar-refractivity contribution < 1.29 is 9.59 Å². The third kappa shape index (κ3) is 8.29. The minimum Gasteiger partial charge on any atom is -0.351 e. The van der Waals surface area contributed by atoms with E-state index < -0.39 is 0 Å². The Hall–Kier alpha value is -2.41. The number of piperidine rings is 1. The first kappa shape index (κ1) is 30.1. The molecule has 0 atom stereocenters. The first-order chi connectivity index (χ1) is 18.3. The van der Waals surface area contributed by atoms with E-state index in [0.717, 1.165) is 62.8 Å². The van der Waals surface area contributed by atoms with E-state index in [9.17, 15) is 9.59 Å². The summed E-state index contributed by atoms with van der Waals surface area (Å²) < 4.78 is 2.29. The van der Waals surface area contributed by atoms with Crippen LogP contribution >= 0.6 is 31.9 Å². The fourth-order valence-electron chi connectivity index (χ4n) is 5.23. The second-order valence-corrected chi connectivity index (χ2v) is 11.7. The normalized spacial score (nSPS) is 17.0. The first-order valence-electron chi connectivity index (χ1n) is 13.1. The van der Waals surface area contributed by atoms with Crippen LogP contribution in [0.2, 0.25) is 0 Å². The molecule has 1 aromatic heterocycles. The van der Waals surface area contributed by atoms with Gasteiger partial charge < -0.3 is 20.9 Å². The lowest BCUT2D eigenvalue weighted by molar-refractivity contribution is -0.133. The zero-order chi connectivity index (χ0) is 27.7. The average molecular weight is 647 g/mol. The number of urea groups is 1. The highest BCUT2D eigenvalue weighted by atomic mass is 79.9. The number of hydrogen-bond donors (Lipinski definition) is 2. The summed E-state index contributed by atoms with van der Waals surface area (Å²) >= 11 is 7.20. The predicted octanol–water partition coefficient (Wildman–Crippen LogP) is 4.45. The van der Waals surface area contributed by atoms with Gasteiger partial charge in [0.15, 0.2) is 0 Å². The lowest BCUT2D eigenvalue weighted by Gasteiger charge is -2.33. The Balaban J connectivity index is 0.000000198. The van der Waals surface area contributed by atoms with E-state index in [1.54, 1.807) is 4.90 Å². The third-order valence-corrected chi connectivity index (χ3v) is 8.47. The number of nitrogens with two attached hydrogens (primary N) is 1. The van der Waals surface area contributed by atoms with E-state index in [2.05, 4.69) is 80.1 Å². The van der Waals surface area contributed by atoms with Gasteiger partial charge in [0.1, 0.15) is 0 Å². The number of nitrogens with one attached hydrogen (secondary N) is 1. The monoisotopic (exact) mass is 645 g/mol. The number of aromatic nitrogens is 1. The topological polar surface area (TPSA) is 91.6 Å². The van der Waals surface area contributed by atoms with Crippen molar-refractivity contribution in [1.82, 2.24) is 20.1 Å². The number of amides is 3. The first-order valence-corrected chi connectivity index (χ1v) is 14.7. The minimum absolute atomic E-state index is 0.258. The van der Waals surface area contributed by atoms with E-state index in [-0.39, 0.29) is 11.9 Å². The molecule has 3 amide bonds. The molecule has 1 aliphatic carbocycles. The van der Waals surface area contributed by atoms with Crippen LogP contribution in [0.1, 0.15) is 47.2 Å². The summed E-state index contributed by atoms with van der Waals surface area (Å²) in [6.45, 7) is 6.96. The summed E-state index contributed by atoms with van der Waals surface area (Å²) in [5, 5.41) is 3.24. The van der Waals surface area contributed by atoms with E-state index in [1.807, 2.05) is 11.1 Å². The van der Waals surface area contributed by atoms with Crippen molar-refractivity contribution >= 4 is 43.8 Å². The molecule has 2 saturated heterocycles. The maximum absolute atomic E-state index is 12.1. The Kier molecular flexibility index (Phi) is 11.6. The van der Waals surface area contributed by atoms with Crippen molar-refractivity contribution in [3.8, 4) is 12.8 Å². The van der Waals surface area contributed by atoms with Gasteiger partial charge in [-0.15, -0.1) is 12.8 Å². The maximum atomic E-state index is 12.1. The number of carbonyl (C=O) groups is 2. The Labute approximate surface area is 243 Å². The summed E-state index contributed by atoms with van der Waals surface area (Å²) in [6, 6.07) is 6.36. The molecular weight excluding hydrogens is 610 g/mol. The van der Waals surface area contributed by atoms with E-state index >= 15 is 0 Å². The molecule has 3 heterocycles. The maximum Gasteiger partial charge on any atom is 0.314 e. The molecule has 2 fully saturated rings. The summed E-state index contributed by atoms with van der Waals surface area (Å²) in [7, 11) is 0. The van der Waals surface area contributed by atoms with Crippen LogP contribution in [0, 0.1) is 25.7 Å². The summed E-state index contributed by atoms with van der Waals surface area (Å²) in [4.78, 5) is 31.2. The molecule has 9 heteroatoms. The SMILES string of the molecule is C#C.Cc1cc(Br)c2c(c1)CCc1cc(Br)cnc1C2.NC(=O)N1CCC(CC(=O)N2CCNCC2)CC1. The number of terminal acetylenes is 1. The van der Waals surface area contributed by atoms with Crippen LogP contribution in [0.3, 0.4) is 0 Å². The van der Waals surface area contributed by atoms with E-state index in [0.29, 0.717) is 25.4 Å². The number of nitrogens with zero attached hydrogens (tertiary/aromatic N) is 3. The Morgan fingerprint density at radius 3 is 2.34 bits per heavy atom. The largest absolute Gasteiger partial charge is 0.351 e. The van der Waals surface area contributed by atoms with Crippen LogP contribution in [0.4, 0.5) is 4.79 Å². The van der Waals surface area contributed by atoms with Crippen molar-refractivity contribution in [2.45, 2.75) is 45.4 Å². The van der Waals surface area contributed by atoms with Crippen molar-refractivity contribution in [3.63, 3.8) is 0 Å². The number of fused-ring (bicyclic) bond motifs is 2. The molecule has 0 unspecified atom stereocenters. The van der Waals surface area contributed by atoms with Crippen molar-refractivity contribution in [2.24, 2.45) is 11.7 Å². The highest BCUT2D eigenvalue weighted by molar-refractivity contribution is 9.10. The highest BCUT2D eigenvalue weighted by Crippen LogP contribution is 2.31. The smallest absolute Gasteiger partial charge is 0.314 e. The molecule has 2 aromatic rings. The van der Waals surface area contributed by atoms with Gasteiger partial charge in [0.25, 0.3) is 0 Å². The third-order valence-electron chi connectivity index (χ3n) is 7.33. The van der Waals surface area contributed by atoms with Crippen LogP contribution in [-0.4, -0.2) is 66.0 Å². The van der Waals surface area contributed by atoms with Crippen LogP contribution < -0.4 is 11.1 Å². The van der Waals surface area contributed by atoms with Gasteiger partial charge in [-0.2, -0.15) is 0 Å². The van der Waals surface area contributed by atoms with Crippen LogP contribution in [-0.2, 0) is 24.1 Å². The number of aryl methyl sites for hydroxylation is 3. The average Bonchev–Trinajstić information content (AvgIpc) is 3.10. The standard InChI is InChI=1S/C15H13Br2N.C12H22N4O2.C2H2/c1-9-4-10-2-3-11-6-12(16)8-18-15(11)7-13(10)14(17)5-9;13-12(18)16-5-1-10(2-6-16)9-11(17)15-7-3-14-4-8-15;1-2/h4-6,8H,2-3,7H2,1H3;10,14H,1-9H2,(H2,13,18);1-2H. The van der Waals surface area contributed by atoms with E-state index in [4.69, 9.17) is 5.73 Å². The number of piperazine rings is 1. The van der Waals surface area contributed by atoms with Gasteiger partial charge in [-0.3, -0.25) is 9.78 Å². The molecule has 0 spiro atoms. The van der Waals surface area contributed by atoms with Crippen LogP contribution in [0.5, 0.6) is 0 Å². The minimum atomic E-state index is -0.345. The van der Waals surface area contributed by atoms with Gasteiger partial charge in [-0.1, -0.05) is 22.0 Å². The zero-order valence-corrected chi connectivity index (χ0v) is 25.2. The number of rotatable bonds is 2. The van der Waals surface area contributed by atoms with Gasteiger partial charge in [0, 0.05) is 72.9 Å². The number of benzene rings is 1. The number of hydrogen-bond acceptors (Lipinski definition) is 4. The quantitative estimate of drug-likeness (QED) is 0.472. The molecule has 7 nitrogen and oxygen atoms in total. The van der Waals surface area contributed by atoms with E-state index in [1.165, 1.54) is 32.4 Å². The lowest BCUT2D eigenvalue weighted by atomic mass is 9.93. The predicted molar refractivity (Wildman–Crippen MR) is 159 cm³/mol. The number of carbonyl (C=O) groups excluding carboxylic acids is 2. The molecule has 204 valence electrons. The molecule has 0 bridgehead atoms. The second kappa shape index (κ2) is 14.7. The van der Waals surface area contributed by atoms with Gasteiger partial charge in [0.05, 0.1) is 0 Å². The summed E-state index contributed by atoms with van der Waals surface area (Å²) in [5.41, 5.74) is 12.0. The molecule has 5 rings (SSSR count). The van der Waals surface area contributed by atoms with Crippen LogP contribution in [0.15, 0.2) is 33.3 Å². The summed E-state index contributed by atoms with van der Waals surface area (Å²) in [6.07, 6.45) is 15.4. The van der Waals surface area contributed by atoms with Gasteiger partial charge in [-0.05, 0) is 88.8 Å². The highest BCUT2D eigenvalue weighted by Gasteiger charge is 2.25. The van der Waals surface area contributed by atoms with Gasteiger partial charge >= 0.3 is 6.03 Å². The number of likely N-dealkylation sites (tertiary alicyclic amines) is 1. The molecule has 1 aromatic carbocycles. The van der Waals surface area contributed by atoms with Crippen molar-refractivity contribution in [1.29, 1.82) is 0 Å². The molecule has 3 aliphatic rings. The molecule has 38 heavy (non-hydrogen) atoms. The van der Waals surface area contributed by atoms with Gasteiger partial charge in [-0.25, -0.2) is 4.79 Å². The Morgan fingerprint density at radius 2 is 1.68 bits per heavy atom. The summed E-state index contributed by atoms with van der Waals surface area (Å²) in [5.74, 6) is 0.664. The van der Waals surface area contributed by atoms with Crippen LogP contribution in [0.25, 0.3) is 0 Å². The zero-order valence-electron chi connectivity index (χ0n) is 22.0. The van der Waals surface area contributed by atoms with Crippen molar-refractivity contribution in [2.75, 3.05) is 39.3 Å². The number of primary amides is 1. The molecule has 0 radical (unpaired) electrons. The number of pyridine rings is 1. The molecule has 0 saturated carbocycles. The molecule has 3 N–H and O–H groups in total. The Bertz CT molecular complexity index is 1140. The fourth-order valence-corrected chi connectivity index (χ4v) is 6.37.